The number of aromatic amines is 1. The van der Waals surface area contributed by atoms with E-state index in [2.05, 4.69) is 11.2 Å². The van der Waals surface area contributed by atoms with Gasteiger partial charge in [-0.25, -0.2) is 0 Å². The number of nitrogens with one attached hydrogen (secondary N) is 1. The Hall–Kier alpha value is -2.82. The fourth-order valence-electron chi connectivity index (χ4n) is 2.44. The molecule has 5 heteroatoms. The Bertz CT molecular complexity index is 785. The zero-order chi connectivity index (χ0) is 16.2. The molecule has 5 nitrogen and oxygen atoms in total. The van der Waals surface area contributed by atoms with E-state index < -0.39 is 0 Å². The molecule has 0 saturated heterocycles. The van der Waals surface area contributed by atoms with Gasteiger partial charge in [-0.05, 0) is 35.9 Å². The molecule has 0 amide bonds. The van der Waals surface area contributed by atoms with Gasteiger partial charge in [-0.3, -0.25) is 0 Å². The van der Waals surface area contributed by atoms with E-state index in [4.69, 9.17) is 18.9 Å². The van der Waals surface area contributed by atoms with Crippen LogP contribution in [0, 0.1) is 6.20 Å². The van der Waals surface area contributed by atoms with E-state index >= 15 is 0 Å². The molecule has 1 N–H and O–H groups in total. The molecule has 2 aromatic carbocycles. The van der Waals surface area contributed by atoms with Crippen LogP contribution in [0.4, 0.5) is 0 Å². The van der Waals surface area contributed by atoms with Crippen molar-refractivity contribution in [3.8, 4) is 23.0 Å². The first-order valence-corrected chi connectivity index (χ1v) is 7.15. The quantitative estimate of drug-likeness (QED) is 0.756. The Kier molecular flexibility index (Phi) is 4.28. The molecule has 0 unspecified atom stereocenters. The number of H-pyrrole nitrogens is 1. The van der Waals surface area contributed by atoms with Crippen molar-refractivity contribution in [3.05, 3.63) is 48.2 Å². The second kappa shape index (κ2) is 6.52. The average molecular weight is 312 g/mol. The van der Waals surface area contributed by atoms with Gasteiger partial charge >= 0.3 is 0 Å². The molecule has 3 rings (SSSR count). The maximum absolute atomic E-state index is 5.86. The normalized spacial score (nSPS) is 10.6. The third-order valence-corrected chi connectivity index (χ3v) is 3.59. The van der Waals surface area contributed by atoms with Crippen LogP contribution in [-0.4, -0.2) is 26.3 Å². The molecule has 0 spiro atoms. The monoisotopic (exact) mass is 312 g/mol. The summed E-state index contributed by atoms with van der Waals surface area (Å²) in [5, 5.41) is 1.10. The van der Waals surface area contributed by atoms with Gasteiger partial charge in [-0.1, -0.05) is 0 Å². The Labute approximate surface area is 134 Å². The maximum Gasteiger partial charge on any atom is 0.203 e. The highest BCUT2D eigenvalue weighted by atomic mass is 16.5. The van der Waals surface area contributed by atoms with Crippen LogP contribution in [0.3, 0.4) is 0 Å². The topological polar surface area (TPSA) is 52.7 Å². The lowest BCUT2D eigenvalue weighted by atomic mass is 10.2. The maximum atomic E-state index is 5.86. The van der Waals surface area contributed by atoms with Crippen molar-refractivity contribution in [1.29, 1.82) is 0 Å². The minimum Gasteiger partial charge on any atom is -0.493 e. The highest BCUT2D eigenvalue weighted by Gasteiger charge is 2.13. The van der Waals surface area contributed by atoms with E-state index in [1.807, 2.05) is 36.4 Å². The van der Waals surface area contributed by atoms with Crippen LogP contribution >= 0.6 is 0 Å². The van der Waals surface area contributed by atoms with E-state index in [1.54, 1.807) is 21.3 Å². The lowest BCUT2D eigenvalue weighted by Crippen LogP contribution is -2.00. The lowest BCUT2D eigenvalue weighted by Gasteiger charge is -2.14. The lowest BCUT2D eigenvalue weighted by molar-refractivity contribution is 0.299. The van der Waals surface area contributed by atoms with E-state index in [0.717, 1.165) is 22.2 Å². The first kappa shape index (κ1) is 15.1. The summed E-state index contributed by atoms with van der Waals surface area (Å²) >= 11 is 0. The summed E-state index contributed by atoms with van der Waals surface area (Å²) in [6.45, 7) is 0.395. The summed E-state index contributed by atoms with van der Waals surface area (Å²) in [6.07, 6.45) is 2.95. The summed E-state index contributed by atoms with van der Waals surface area (Å²) in [5.74, 6) is 2.57. The van der Waals surface area contributed by atoms with Gasteiger partial charge < -0.3 is 23.9 Å². The fraction of sp³-hybridized carbons (Fsp3) is 0.222. The first-order chi connectivity index (χ1) is 11.2. The average Bonchev–Trinajstić information content (AvgIpc) is 3.06. The predicted molar refractivity (Wildman–Crippen MR) is 87.6 cm³/mol. The molecule has 1 aromatic heterocycles. The van der Waals surface area contributed by atoms with E-state index in [0.29, 0.717) is 23.9 Å². The van der Waals surface area contributed by atoms with Gasteiger partial charge in [-0.2, -0.15) is 0 Å². The molecule has 0 bridgehead atoms. The van der Waals surface area contributed by atoms with Crippen LogP contribution in [0.15, 0.2) is 36.4 Å². The van der Waals surface area contributed by atoms with Crippen molar-refractivity contribution in [2.75, 3.05) is 21.3 Å². The van der Waals surface area contributed by atoms with Gasteiger partial charge in [0.05, 0.1) is 27.5 Å². The summed E-state index contributed by atoms with van der Waals surface area (Å²) in [7, 11) is 4.77. The number of hydrogen-bond donors (Lipinski definition) is 1. The predicted octanol–water partition coefficient (Wildman–Crippen LogP) is 3.57. The largest absolute Gasteiger partial charge is 0.493 e. The molecule has 0 aliphatic rings. The van der Waals surface area contributed by atoms with Crippen LogP contribution in [0.2, 0.25) is 0 Å². The highest BCUT2D eigenvalue weighted by molar-refractivity contribution is 5.80. The van der Waals surface area contributed by atoms with Crippen molar-refractivity contribution in [2.45, 2.75) is 6.61 Å². The minimum absolute atomic E-state index is 0.395. The molecule has 119 valence electrons. The van der Waals surface area contributed by atoms with Gasteiger partial charge in [0.2, 0.25) is 5.75 Å². The smallest absolute Gasteiger partial charge is 0.203 e. The molecule has 0 atom stereocenters. The van der Waals surface area contributed by atoms with Gasteiger partial charge in [0.1, 0.15) is 12.4 Å². The summed E-state index contributed by atoms with van der Waals surface area (Å²) in [4.78, 5) is 3.05. The van der Waals surface area contributed by atoms with Crippen LogP contribution in [0.25, 0.3) is 10.9 Å². The van der Waals surface area contributed by atoms with Crippen molar-refractivity contribution in [3.63, 3.8) is 0 Å². The molecular formula is C18H18NO4. The van der Waals surface area contributed by atoms with Crippen molar-refractivity contribution in [2.24, 2.45) is 0 Å². The Morgan fingerprint density at radius 3 is 2.35 bits per heavy atom. The number of benzene rings is 2. The van der Waals surface area contributed by atoms with Gasteiger partial charge in [-0.15, -0.1) is 0 Å². The van der Waals surface area contributed by atoms with E-state index in [-0.39, 0.29) is 0 Å². The molecule has 0 aliphatic heterocycles. The molecule has 23 heavy (non-hydrogen) atoms. The Morgan fingerprint density at radius 1 is 0.957 bits per heavy atom. The molecular weight excluding hydrogens is 294 g/mol. The standard InChI is InChI=1S/C18H18NO4/c1-20-16-8-12(9-17(21-2)18(16)22-3)11-23-14-5-4-13-6-7-19-15(13)10-14/h4-6,8-10,19H,11H2,1-3H3. The zero-order valence-electron chi connectivity index (χ0n) is 13.3. The van der Waals surface area contributed by atoms with Gasteiger partial charge in [0.15, 0.2) is 11.5 Å². The van der Waals surface area contributed by atoms with Crippen LogP contribution in [-0.2, 0) is 6.61 Å². The number of fused-ring (bicyclic) bond motifs is 1. The summed E-state index contributed by atoms with van der Waals surface area (Å²) in [6, 6.07) is 11.5. The second-order valence-electron chi connectivity index (χ2n) is 4.98. The Morgan fingerprint density at radius 2 is 1.70 bits per heavy atom. The number of rotatable bonds is 6. The number of ether oxygens (including phenoxy) is 4. The van der Waals surface area contributed by atoms with Crippen molar-refractivity contribution >= 4 is 10.9 Å². The second-order valence-corrected chi connectivity index (χ2v) is 4.98. The highest BCUT2D eigenvalue weighted by Crippen LogP contribution is 2.38. The van der Waals surface area contributed by atoms with Gasteiger partial charge in [0, 0.05) is 17.0 Å². The zero-order valence-corrected chi connectivity index (χ0v) is 13.3. The van der Waals surface area contributed by atoms with E-state index in [9.17, 15) is 0 Å². The molecule has 0 saturated carbocycles. The summed E-state index contributed by atoms with van der Waals surface area (Å²) < 4.78 is 21.9. The van der Waals surface area contributed by atoms with Gasteiger partial charge in [0.25, 0.3) is 0 Å². The molecule has 3 aromatic rings. The van der Waals surface area contributed by atoms with Crippen molar-refractivity contribution in [1.82, 2.24) is 4.98 Å². The van der Waals surface area contributed by atoms with Crippen LogP contribution in [0.1, 0.15) is 5.56 Å². The number of hydrogen-bond acceptors (Lipinski definition) is 4. The number of aromatic nitrogens is 1. The third-order valence-electron chi connectivity index (χ3n) is 3.59. The molecule has 1 radical (unpaired) electrons. The Balaban J connectivity index is 1.81. The minimum atomic E-state index is 0.395. The SMILES string of the molecule is COc1cc(COc2ccc3c[c][nH]c3c2)cc(OC)c1OC. The summed E-state index contributed by atoms with van der Waals surface area (Å²) in [5.41, 5.74) is 1.92. The number of methoxy groups -OCH3 is 3. The molecule has 0 fully saturated rings. The molecule has 0 aliphatic carbocycles. The third kappa shape index (κ3) is 3.04. The molecule has 1 heterocycles. The van der Waals surface area contributed by atoms with E-state index in [1.165, 1.54) is 0 Å². The first-order valence-electron chi connectivity index (χ1n) is 7.15. The fourth-order valence-corrected chi connectivity index (χ4v) is 2.44. The van der Waals surface area contributed by atoms with Crippen LogP contribution < -0.4 is 18.9 Å². The van der Waals surface area contributed by atoms with Crippen LogP contribution in [0.5, 0.6) is 23.0 Å². The van der Waals surface area contributed by atoms with Crippen molar-refractivity contribution < 1.29 is 18.9 Å².